The van der Waals surface area contributed by atoms with Crippen LogP contribution in [0, 0.1) is 16.7 Å². The van der Waals surface area contributed by atoms with Crippen LogP contribution in [0.1, 0.15) is 105 Å². The lowest BCUT2D eigenvalue weighted by molar-refractivity contribution is -0.370. The predicted molar refractivity (Wildman–Crippen MR) is 457 cm³/mol. The average molecular weight is 1620 g/mol. The maximum atomic E-state index is 11.5. The topological polar surface area (TPSA) is 187 Å². The third kappa shape index (κ3) is 18.7. The second-order valence-corrected chi connectivity index (χ2v) is 38.5. The van der Waals surface area contributed by atoms with Crippen molar-refractivity contribution in [2.24, 2.45) is 21.9 Å². The molecule has 10 aromatic rings. The van der Waals surface area contributed by atoms with Crippen molar-refractivity contribution in [2.75, 3.05) is 13.2 Å². The van der Waals surface area contributed by atoms with Crippen molar-refractivity contribution in [1.82, 2.24) is 0 Å². The van der Waals surface area contributed by atoms with Gasteiger partial charge in [-0.2, -0.15) is 0 Å². The second-order valence-electron chi connectivity index (χ2n) is 34.2. The highest BCUT2D eigenvalue weighted by Gasteiger charge is 2.76. The summed E-state index contributed by atoms with van der Waals surface area (Å²) in [5.41, 5.74) is 18.2. The van der Waals surface area contributed by atoms with E-state index in [1.54, 1.807) is 0 Å². The van der Waals surface area contributed by atoms with Crippen LogP contribution in [0.5, 0.6) is 0 Å². The average Bonchev–Trinajstić information content (AvgIpc) is 1.50. The van der Waals surface area contributed by atoms with Gasteiger partial charge in [0.2, 0.25) is 0 Å². The number of azide groups is 1. The Morgan fingerprint density at radius 1 is 0.378 bits per heavy atom. The van der Waals surface area contributed by atoms with E-state index in [2.05, 4.69) is 107 Å². The molecule has 2 bridgehead atoms. The van der Waals surface area contributed by atoms with E-state index in [-0.39, 0.29) is 71.5 Å². The van der Waals surface area contributed by atoms with Crippen molar-refractivity contribution in [1.29, 1.82) is 0 Å². The summed E-state index contributed by atoms with van der Waals surface area (Å²) >= 11 is 0. The van der Waals surface area contributed by atoms with E-state index in [4.69, 9.17) is 75.9 Å². The van der Waals surface area contributed by atoms with Crippen molar-refractivity contribution < 1.29 is 70.7 Å². The van der Waals surface area contributed by atoms with E-state index in [0.29, 0.717) is 12.3 Å². The Labute approximate surface area is 701 Å². The monoisotopic (exact) mass is 1620 g/mol. The zero-order chi connectivity index (χ0) is 81.7. The van der Waals surface area contributed by atoms with E-state index in [1.807, 2.05) is 243 Å². The van der Waals surface area contributed by atoms with Gasteiger partial charge in [0.25, 0.3) is 8.32 Å². The van der Waals surface area contributed by atoms with Crippen molar-refractivity contribution in [3.63, 3.8) is 0 Å². The SMILES string of the molecule is CC1(C)[C@H]2CC[C@]1(C)C1(C2)O[C@@H]2[C@H](OCc3ccccc3)[C@@H](OCc3ccccc3)[C@H](OCc3ccccc3)[C@@H](O[C@H]3O[C@H](COCc4ccccc4)[C@@H](O[C@H]4O[C@H](CO[Si](c5ccccc5)(c5ccccc5)C(C)(C)C)[C@@H](OCc5ccccc5)[C@H](OCc5ccccc5)[C@@H]4OCc4ccccc4)[C@H](OCc4ccccc4)[C@H]3N=[N+]=[N-])[C@@H]2O1. The van der Waals surface area contributed by atoms with Gasteiger partial charge in [0.1, 0.15) is 85.4 Å². The quantitative estimate of drug-likeness (QED) is 0.0158. The molecule has 620 valence electrons. The van der Waals surface area contributed by atoms with Crippen molar-refractivity contribution in [2.45, 2.75) is 222 Å². The van der Waals surface area contributed by atoms with Gasteiger partial charge < -0.3 is 70.7 Å². The Morgan fingerprint density at radius 2 is 0.706 bits per heavy atom. The summed E-state index contributed by atoms with van der Waals surface area (Å²) in [5, 5.41) is 6.54. The molecule has 0 aromatic heterocycles. The van der Waals surface area contributed by atoms with Crippen LogP contribution in [-0.2, 0) is 124 Å². The number of ether oxygens (including phenoxy) is 14. The Bertz CT molecular complexity index is 4770. The molecule has 10 aromatic carbocycles. The van der Waals surface area contributed by atoms with Crippen molar-refractivity contribution in [3.05, 3.63) is 358 Å². The molecule has 6 aliphatic rings. The number of hydrogen-bond donors (Lipinski definition) is 0. The fourth-order valence-corrected chi connectivity index (χ4v) is 23.6. The molecule has 6 fully saturated rings. The molecule has 0 amide bonds. The Kier molecular flexibility index (Phi) is 27.1. The summed E-state index contributed by atoms with van der Waals surface area (Å²) in [6.07, 6.45) is -13.1. The first kappa shape index (κ1) is 83.8. The van der Waals surface area contributed by atoms with Crippen LogP contribution in [0.25, 0.3) is 10.4 Å². The first-order chi connectivity index (χ1) is 58.2. The smallest absolute Gasteiger partial charge is 0.261 e. The van der Waals surface area contributed by atoms with Crippen LogP contribution in [0.2, 0.25) is 5.04 Å². The summed E-state index contributed by atoms with van der Waals surface area (Å²) in [5.74, 6) is -0.803. The van der Waals surface area contributed by atoms with Crippen LogP contribution >= 0.6 is 0 Å². The normalized spacial score (nSPS) is 28.9. The second kappa shape index (κ2) is 38.5. The largest absolute Gasteiger partial charge is 0.405 e. The maximum Gasteiger partial charge on any atom is 0.261 e. The minimum atomic E-state index is -3.35. The molecule has 1 spiro atoms. The lowest BCUT2D eigenvalue weighted by atomic mass is 9.68. The first-order valence-electron chi connectivity index (χ1n) is 42.1. The molecule has 3 saturated carbocycles. The minimum absolute atomic E-state index is 0.00876. The van der Waals surface area contributed by atoms with E-state index in [9.17, 15) is 5.53 Å². The molecule has 0 radical (unpaired) electrons. The molecule has 119 heavy (non-hydrogen) atoms. The van der Waals surface area contributed by atoms with E-state index in [1.165, 1.54) is 0 Å². The van der Waals surface area contributed by atoms with Gasteiger partial charge in [-0.3, -0.25) is 0 Å². The first-order valence-corrected chi connectivity index (χ1v) is 44.1. The summed E-state index contributed by atoms with van der Waals surface area (Å²) in [4.78, 5) is 3.72. The molecule has 19 atom stereocenters. The molecule has 18 nitrogen and oxygen atoms in total. The number of nitrogens with zero attached hydrogens (tertiary/aromatic N) is 3. The number of rotatable bonds is 35. The standard InChI is InChI=1S/C100H111N3O15Si/c1-97(2,3)119(79-53-33-15-34-54-79,80-55-35-16-36-56-80)112-69-82-84(105-61-71-39-19-8-20-40-71)87(107-63-73-43-23-10-24-44-73)94(111-67-77-51-31-14-32-52-77)96(114-82)115-85-81(68-104-60-70-37-17-7-18-38-70)113-95(83(102-103-101)86(85)106-62-72-41-21-9-22-42-72)116-91-89(109-65-75-47-27-12-28-48-75)88(108-64-74-45-25-11-26-46-74)90(110-66-76-49-29-13-30-50-76)92-93(91)118-100(117-92)59-78-57-58-99(100,6)98(78,4)5/h7-56,78,81-96H,57-69H2,1-6H3/t78-,81+,82+,83+,84+,85+,86+,87-,88-,89-,90+,91+,92+,93-,94-,95+,96+,99-,100?/m0/s1. The third-order valence-electron chi connectivity index (χ3n) is 25.6. The molecular formula is C100H111N3O15Si. The molecule has 3 aliphatic carbocycles. The molecule has 3 heterocycles. The highest BCUT2D eigenvalue weighted by Crippen LogP contribution is 2.73. The fraction of sp³-hybridized carbons (Fsp3) is 0.400. The number of benzene rings is 10. The summed E-state index contributed by atoms with van der Waals surface area (Å²) in [6.45, 7) is 15.0. The summed E-state index contributed by atoms with van der Waals surface area (Å²) in [7, 11) is -3.35. The van der Waals surface area contributed by atoms with Crippen molar-refractivity contribution in [3.8, 4) is 0 Å². The Morgan fingerprint density at radius 3 is 1.09 bits per heavy atom. The molecule has 3 aliphatic heterocycles. The predicted octanol–water partition coefficient (Wildman–Crippen LogP) is 18.1. The minimum Gasteiger partial charge on any atom is -0.405 e. The summed E-state index contributed by atoms with van der Waals surface area (Å²) in [6, 6.07) is 100. The van der Waals surface area contributed by atoms with E-state index in [0.717, 1.165) is 67.7 Å². The van der Waals surface area contributed by atoms with Gasteiger partial charge in [-0.05, 0) is 89.6 Å². The Hall–Kier alpha value is -8.87. The van der Waals surface area contributed by atoms with E-state index >= 15 is 0 Å². The highest BCUT2D eigenvalue weighted by atomic mass is 28.4. The Balaban J connectivity index is 0.845. The van der Waals surface area contributed by atoms with Gasteiger partial charge in [-0.25, -0.2) is 0 Å². The molecule has 0 N–H and O–H groups in total. The lowest BCUT2D eigenvalue weighted by Crippen LogP contribution is -2.69. The zero-order valence-electron chi connectivity index (χ0n) is 68.8. The number of hydrogen-bond acceptors (Lipinski definition) is 16. The molecule has 16 rings (SSSR count). The fourth-order valence-electron chi connectivity index (χ4n) is 19.0. The van der Waals surface area contributed by atoms with Gasteiger partial charge in [-0.15, -0.1) is 0 Å². The molecular weight excluding hydrogens is 1510 g/mol. The highest BCUT2D eigenvalue weighted by molar-refractivity contribution is 6.99. The van der Waals surface area contributed by atoms with E-state index < -0.39 is 123 Å². The van der Waals surface area contributed by atoms with Gasteiger partial charge >= 0.3 is 0 Å². The van der Waals surface area contributed by atoms with Crippen LogP contribution in [-0.4, -0.2) is 125 Å². The molecule has 3 saturated heterocycles. The lowest BCUT2D eigenvalue weighted by Gasteiger charge is -2.52. The number of fused-ring (bicyclic) bond motifs is 4. The van der Waals surface area contributed by atoms with Crippen LogP contribution < -0.4 is 10.4 Å². The zero-order valence-corrected chi connectivity index (χ0v) is 69.8. The molecule has 19 heteroatoms. The van der Waals surface area contributed by atoms with Gasteiger partial charge in [0.15, 0.2) is 18.4 Å². The van der Waals surface area contributed by atoms with Gasteiger partial charge in [-0.1, -0.05) is 350 Å². The third-order valence-corrected chi connectivity index (χ3v) is 30.6. The van der Waals surface area contributed by atoms with Gasteiger partial charge in [0.05, 0.1) is 66.1 Å². The van der Waals surface area contributed by atoms with Crippen LogP contribution in [0.15, 0.2) is 308 Å². The van der Waals surface area contributed by atoms with Gasteiger partial charge in [0, 0.05) is 16.7 Å². The maximum absolute atomic E-state index is 11.5. The van der Waals surface area contributed by atoms with Crippen LogP contribution in [0.4, 0.5) is 0 Å². The van der Waals surface area contributed by atoms with Crippen LogP contribution in [0.3, 0.4) is 0 Å². The van der Waals surface area contributed by atoms with Crippen molar-refractivity contribution >= 4 is 18.7 Å². The summed E-state index contributed by atoms with van der Waals surface area (Å²) < 4.78 is 115. The molecule has 1 unspecified atom stereocenters.